The number of hydrogen-bond donors (Lipinski definition) is 0. The summed E-state index contributed by atoms with van der Waals surface area (Å²) in [6.07, 6.45) is 3.56. The molecule has 2 aromatic carbocycles. The van der Waals surface area contributed by atoms with Crippen molar-refractivity contribution in [2.45, 2.75) is 25.8 Å². The summed E-state index contributed by atoms with van der Waals surface area (Å²) in [5.74, 6) is -0.0577. The molecule has 0 saturated heterocycles. The maximum Gasteiger partial charge on any atom is 0.308 e. The molecule has 0 fully saturated rings. The second kappa shape index (κ2) is 9.37. The van der Waals surface area contributed by atoms with Crippen LogP contribution >= 0.6 is 54.5 Å². The van der Waals surface area contributed by atoms with Gasteiger partial charge < -0.3 is 4.74 Å². The highest BCUT2D eigenvalue weighted by Crippen LogP contribution is 2.42. The predicted molar refractivity (Wildman–Crippen MR) is 150 cm³/mol. The number of aryl methyl sites for hydroxylation is 1. The molecule has 2 aromatic heterocycles. The van der Waals surface area contributed by atoms with Gasteiger partial charge in [-0.2, -0.15) is 0 Å². The van der Waals surface area contributed by atoms with Crippen LogP contribution in [0.4, 0.5) is 0 Å². The molecule has 3 heterocycles. The van der Waals surface area contributed by atoms with Gasteiger partial charge in [-0.25, -0.2) is 4.99 Å². The highest BCUT2D eigenvalue weighted by atomic mass is 79.9. The quantitative estimate of drug-likeness (QED) is 0.209. The zero-order valence-corrected chi connectivity index (χ0v) is 23.8. The monoisotopic (exact) mass is 640 g/mol. The molecule has 4 aromatic rings. The van der Waals surface area contributed by atoms with Crippen LogP contribution in [0.15, 0.2) is 78.2 Å². The van der Waals surface area contributed by atoms with Gasteiger partial charge in [0.25, 0.3) is 5.56 Å². The lowest BCUT2D eigenvalue weighted by Gasteiger charge is -2.30. The van der Waals surface area contributed by atoms with Crippen LogP contribution in [0, 0.1) is 0 Å². The third-order valence-corrected chi connectivity index (χ3v) is 9.21. The summed E-state index contributed by atoms with van der Waals surface area (Å²) in [5, 5.41) is 2.05. The average molecular weight is 642 g/mol. The number of fused-ring (bicyclic) bond motifs is 3. The Balaban J connectivity index is 1.61. The Hall–Kier alpha value is -2.59. The fourth-order valence-electron chi connectivity index (χ4n) is 4.80. The number of allylic oxidation sites excluding steroid dienone is 1. The lowest BCUT2D eigenvalue weighted by Crippen LogP contribution is -2.38. The van der Waals surface area contributed by atoms with Gasteiger partial charge in [0, 0.05) is 27.4 Å². The molecule has 1 aliphatic heterocycles. The van der Waals surface area contributed by atoms with Gasteiger partial charge in [-0.05, 0) is 69.6 Å². The molecule has 180 valence electrons. The fraction of sp³-hybridized carbons (Fsp3) is 0.148. The first-order valence-electron chi connectivity index (χ1n) is 11.2. The van der Waals surface area contributed by atoms with Crippen LogP contribution in [0.1, 0.15) is 41.0 Å². The van der Waals surface area contributed by atoms with Crippen molar-refractivity contribution in [3.05, 3.63) is 110 Å². The summed E-state index contributed by atoms with van der Waals surface area (Å²) in [6.45, 7) is 1.36. The summed E-state index contributed by atoms with van der Waals surface area (Å²) in [4.78, 5) is 32.5. The third kappa shape index (κ3) is 4.08. The van der Waals surface area contributed by atoms with Crippen molar-refractivity contribution in [3.8, 4) is 5.75 Å². The molecule has 5 nitrogen and oxygen atoms in total. The minimum atomic E-state index is -0.432. The van der Waals surface area contributed by atoms with E-state index in [2.05, 4.69) is 56.1 Å². The van der Waals surface area contributed by atoms with Gasteiger partial charge in [-0.1, -0.05) is 57.6 Å². The van der Waals surface area contributed by atoms with Gasteiger partial charge in [0.15, 0.2) is 10.6 Å². The molecule has 1 aliphatic carbocycles. The summed E-state index contributed by atoms with van der Waals surface area (Å²) < 4.78 is 9.24. The second-order valence-electron chi connectivity index (χ2n) is 8.53. The smallest absolute Gasteiger partial charge is 0.308 e. The molecule has 0 spiro atoms. The first-order valence-corrected chi connectivity index (χ1v) is 14.5. The molecule has 0 N–H and O–H groups in total. The van der Waals surface area contributed by atoms with Crippen molar-refractivity contribution in [1.82, 2.24) is 4.57 Å². The Morgan fingerprint density at radius 1 is 1.17 bits per heavy atom. The number of rotatable bonds is 3. The van der Waals surface area contributed by atoms with Crippen molar-refractivity contribution in [1.29, 1.82) is 0 Å². The highest BCUT2D eigenvalue weighted by molar-refractivity contribution is 9.11. The van der Waals surface area contributed by atoms with E-state index < -0.39 is 5.97 Å². The zero-order valence-electron chi connectivity index (χ0n) is 19.0. The zero-order chi connectivity index (χ0) is 25.0. The lowest BCUT2D eigenvalue weighted by molar-refractivity contribution is -0.131. The molecule has 0 saturated carbocycles. The summed E-state index contributed by atoms with van der Waals surface area (Å²) >= 11 is 9.99. The molecule has 2 aliphatic rings. The topological polar surface area (TPSA) is 60.7 Å². The maximum absolute atomic E-state index is 13.9. The van der Waals surface area contributed by atoms with E-state index in [-0.39, 0.29) is 11.6 Å². The van der Waals surface area contributed by atoms with Crippen LogP contribution in [-0.4, -0.2) is 10.5 Å². The second-order valence-corrected chi connectivity index (χ2v) is 12.3. The molecular weight excluding hydrogens is 624 g/mol. The predicted octanol–water partition coefficient (Wildman–Crippen LogP) is 5.83. The van der Waals surface area contributed by atoms with E-state index in [1.807, 2.05) is 28.1 Å². The number of esters is 1. The maximum atomic E-state index is 13.9. The van der Waals surface area contributed by atoms with E-state index in [0.717, 1.165) is 33.5 Å². The van der Waals surface area contributed by atoms with E-state index in [1.165, 1.54) is 29.4 Å². The number of aromatic nitrogens is 1. The Kier molecular flexibility index (Phi) is 6.19. The SMILES string of the molecule is CC(=O)Oc1c(Br)cc(Br)cc1/C=c1/sc2n(c1=O)[C@@H](c1cccs1)C1=C(N=2)c2ccccc2CC1. The molecule has 0 unspecified atom stereocenters. The Bertz CT molecular complexity index is 1750. The lowest BCUT2D eigenvalue weighted by atomic mass is 9.85. The normalized spacial score (nSPS) is 16.8. The highest BCUT2D eigenvalue weighted by Gasteiger charge is 2.33. The minimum absolute atomic E-state index is 0.104. The number of carbonyl (C=O) groups excluding carboxylic acids is 1. The molecule has 9 heteroatoms. The number of thiophene rings is 1. The fourth-order valence-corrected chi connectivity index (χ4v) is 7.98. The number of benzene rings is 2. The van der Waals surface area contributed by atoms with Gasteiger partial charge >= 0.3 is 5.97 Å². The largest absolute Gasteiger partial charge is 0.425 e. The van der Waals surface area contributed by atoms with Crippen LogP contribution < -0.4 is 19.6 Å². The van der Waals surface area contributed by atoms with Crippen molar-refractivity contribution < 1.29 is 9.53 Å². The number of ether oxygens (including phenoxy) is 1. The summed E-state index contributed by atoms with van der Waals surface area (Å²) in [5.41, 5.74) is 5.11. The third-order valence-electron chi connectivity index (χ3n) is 6.26. The Morgan fingerprint density at radius 3 is 2.78 bits per heavy atom. The van der Waals surface area contributed by atoms with Gasteiger partial charge in [-0.15, -0.1) is 11.3 Å². The summed E-state index contributed by atoms with van der Waals surface area (Å²) in [6, 6.07) is 16.0. The number of hydrogen-bond acceptors (Lipinski definition) is 6. The number of carbonyl (C=O) groups is 1. The van der Waals surface area contributed by atoms with Crippen LogP contribution in [0.2, 0.25) is 0 Å². The Labute approximate surface area is 231 Å². The van der Waals surface area contributed by atoms with Crippen molar-refractivity contribution in [3.63, 3.8) is 0 Å². The van der Waals surface area contributed by atoms with Crippen molar-refractivity contribution in [2.24, 2.45) is 4.99 Å². The standard InChI is InChI=1S/C27H18Br2N2O3S2/c1-14(32)34-25-16(11-17(28)13-20(25)29)12-22-26(33)31-24(21-7-4-10-35-21)19-9-8-15-5-2-3-6-18(15)23(19)30-27(31)36-22/h2-7,10-13,24H,8-9H2,1H3/b22-12+/t24-/m1/s1. The molecule has 36 heavy (non-hydrogen) atoms. The van der Waals surface area contributed by atoms with Crippen molar-refractivity contribution >= 4 is 72.3 Å². The van der Waals surface area contributed by atoms with Crippen molar-refractivity contribution in [2.75, 3.05) is 0 Å². The van der Waals surface area contributed by atoms with Crippen LogP contribution in [0.3, 0.4) is 0 Å². The van der Waals surface area contributed by atoms with Gasteiger partial charge in [-0.3, -0.25) is 14.2 Å². The van der Waals surface area contributed by atoms with E-state index in [1.54, 1.807) is 23.5 Å². The number of halogens is 2. The molecule has 0 amide bonds. The average Bonchev–Trinajstić information content (AvgIpc) is 3.48. The first kappa shape index (κ1) is 23.8. The van der Waals surface area contributed by atoms with Crippen LogP contribution in [0.5, 0.6) is 5.75 Å². The molecule has 6 rings (SSSR count). The molecule has 1 atom stereocenters. The van der Waals surface area contributed by atoms with Gasteiger partial charge in [0.05, 0.1) is 20.7 Å². The summed E-state index contributed by atoms with van der Waals surface area (Å²) in [7, 11) is 0. The van der Waals surface area contributed by atoms with E-state index >= 15 is 0 Å². The Morgan fingerprint density at radius 2 is 2.00 bits per heavy atom. The number of nitrogens with zero attached hydrogens (tertiary/aromatic N) is 2. The van der Waals surface area contributed by atoms with Crippen LogP contribution in [-0.2, 0) is 11.2 Å². The van der Waals surface area contributed by atoms with Gasteiger partial charge in [0.2, 0.25) is 0 Å². The van der Waals surface area contributed by atoms with E-state index in [9.17, 15) is 9.59 Å². The molecule has 0 radical (unpaired) electrons. The van der Waals surface area contributed by atoms with E-state index in [0.29, 0.717) is 25.1 Å². The van der Waals surface area contributed by atoms with Crippen LogP contribution in [0.25, 0.3) is 11.8 Å². The number of thiazole rings is 1. The molecule has 0 bridgehead atoms. The van der Waals surface area contributed by atoms with E-state index in [4.69, 9.17) is 9.73 Å². The first-order chi connectivity index (χ1) is 17.4. The minimum Gasteiger partial charge on any atom is -0.425 e. The van der Waals surface area contributed by atoms with Gasteiger partial charge in [0.1, 0.15) is 0 Å². The molecular formula is C27H18Br2N2O3S2.